The van der Waals surface area contributed by atoms with Gasteiger partial charge in [-0.3, -0.25) is 14.5 Å². The summed E-state index contributed by atoms with van der Waals surface area (Å²) in [6.45, 7) is 6.48. The van der Waals surface area contributed by atoms with Crippen molar-refractivity contribution in [2.24, 2.45) is 5.92 Å². The van der Waals surface area contributed by atoms with Gasteiger partial charge in [-0.05, 0) is 36.6 Å². The fourth-order valence-electron chi connectivity index (χ4n) is 4.73. The summed E-state index contributed by atoms with van der Waals surface area (Å²) in [6, 6.07) is 6.95. The van der Waals surface area contributed by atoms with Crippen LogP contribution in [0.15, 0.2) is 30.3 Å². The summed E-state index contributed by atoms with van der Waals surface area (Å²) in [5, 5.41) is 5.47. The molecule has 0 unspecified atom stereocenters. The monoisotopic (exact) mass is 588 g/mol. The molecule has 1 saturated heterocycles. The minimum atomic E-state index is -4.25. The molecule has 1 fully saturated rings. The minimum Gasteiger partial charge on any atom is -0.367 e. The van der Waals surface area contributed by atoms with Crippen LogP contribution in [0, 0.1) is 17.6 Å². The molecule has 0 saturated carbocycles. The maximum Gasteiger partial charge on any atom is 0.390 e. The summed E-state index contributed by atoms with van der Waals surface area (Å²) in [5.41, 5.74) is 0.228. The van der Waals surface area contributed by atoms with E-state index in [9.17, 15) is 31.5 Å². The lowest BCUT2D eigenvalue weighted by molar-refractivity contribution is -0.139. The molecule has 6 nitrogen and oxygen atoms in total. The molecule has 0 radical (unpaired) electrons. The number of halogens is 6. The number of nitrogens with one attached hydrogen (secondary N) is 2. The third-order valence-corrected chi connectivity index (χ3v) is 7.02. The Morgan fingerprint density at radius 3 is 2.48 bits per heavy atom. The molecule has 2 N–H and O–H groups in total. The second-order valence-electron chi connectivity index (χ2n) is 10.3. The van der Waals surface area contributed by atoms with Gasteiger partial charge in [0.05, 0.1) is 23.4 Å². The Kier molecular flexibility index (Phi) is 10.8. The molecule has 1 heterocycles. The van der Waals surface area contributed by atoms with Crippen molar-refractivity contribution in [2.45, 2.75) is 58.8 Å². The number of rotatable bonds is 10. The quantitative estimate of drug-likeness (QED) is 0.316. The van der Waals surface area contributed by atoms with Crippen molar-refractivity contribution in [1.82, 2.24) is 10.2 Å². The van der Waals surface area contributed by atoms with Crippen molar-refractivity contribution in [1.29, 1.82) is 0 Å². The molecule has 1 atom stereocenters. The summed E-state index contributed by atoms with van der Waals surface area (Å²) < 4.78 is 68.2. The standard InChI is InChI=1S/C28H34ClF5N4O2/c1-4-24(39)35-15-18-5-7-21(26(31)25(18)30)27(40)36-22-8-6-19(29)14-23(22)38-12-11-37(10-9-28(32,33)34)20(16-38)13-17(2)3/h5-8,14,17,20H,4,9-13,15-16H2,1-3H3,(H,35,39)(H,36,40)/t20-/m0/s1. The molecule has 0 bridgehead atoms. The molecule has 2 aromatic rings. The number of hydrogen-bond acceptors (Lipinski definition) is 4. The number of hydrogen-bond donors (Lipinski definition) is 2. The van der Waals surface area contributed by atoms with E-state index in [0.717, 1.165) is 6.07 Å². The molecule has 0 spiro atoms. The largest absolute Gasteiger partial charge is 0.390 e. The van der Waals surface area contributed by atoms with Gasteiger partial charge in [-0.1, -0.05) is 38.4 Å². The SMILES string of the molecule is CCC(=O)NCc1ccc(C(=O)Nc2ccc(Cl)cc2N2CCN(CCC(F)(F)F)[C@@H](CC(C)C)C2)c(F)c1F. The summed E-state index contributed by atoms with van der Waals surface area (Å²) in [7, 11) is 0. The van der Waals surface area contributed by atoms with Gasteiger partial charge in [0.1, 0.15) is 0 Å². The normalized spacial score (nSPS) is 16.4. The molecule has 2 aromatic carbocycles. The first-order valence-corrected chi connectivity index (χ1v) is 13.6. The number of anilines is 2. The zero-order valence-electron chi connectivity index (χ0n) is 22.7. The molecule has 2 amide bonds. The third-order valence-electron chi connectivity index (χ3n) is 6.78. The minimum absolute atomic E-state index is 0.0948. The maximum atomic E-state index is 14.8. The fraction of sp³-hybridized carbons (Fsp3) is 0.500. The van der Waals surface area contributed by atoms with Crippen molar-refractivity contribution >= 4 is 34.8 Å². The van der Waals surface area contributed by atoms with Gasteiger partial charge >= 0.3 is 6.18 Å². The first-order valence-electron chi connectivity index (χ1n) is 13.2. The van der Waals surface area contributed by atoms with Gasteiger partial charge in [0.15, 0.2) is 11.6 Å². The van der Waals surface area contributed by atoms with Crippen LogP contribution in [0.3, 0.4) is 0 Å². The van der Waals surface area contributed by atoms with Crippen LogP contribution >= 0.6 is 11.6 Å². The highest BCUT2D eigenvalue weighted by Crippen LogP contribution is 2.33. The molecule has 1 aliphatic heterocycles. The van der Waals surface area contributed by atoms with Crippen LogP contribution in [-0.4, -0.2) is 55.1 Å². The number of amides is 2. The Hall–Kier alpha value is -2.92. The average molecular weight is 589 g/mol. The van der Waals surface area contributed by atoms with Gasteiger partial charge in [-0.15, -0.1) is 0 Å². The molecular formula is C28H34ClF5N4O2. The van der Waals surface area contributed by atoms with Crippen LogP contribution in [0.4, 0.5) is 33.3 Å². The first kappa shape index (κ1) is 31.6. The van der Waals surface area contributed by atoms with Crippen LogP contribution < -0.4 is 15.5 Å². The Bertz CT molecular complexity index is 1210. The van der Waals surface area contributed by atoms with Gasteiger partial charge in [0.2, 0.25) is 5.91 Å². The lowest BCUT2D eigenvalue weighted by atomic mass is 9.99. The van der Waals surface area contributed by atoms with Crippen molar-refractivity contribution in [3.05, 3.63) is 58.1 Å². The zero-order valence-corrected chi connectivity index (χ0v) is 23.4. The number of carbonyl (C=O) groups excluding carboxylic acids is 2. The molecule has 12 heteroatoms. The van der Waals surface area contributed by atoms with E-state index in [0.29, 0.717) is 42.5 Å². The summed E-state index contributed by atoms with van der Waals surface area (Å²) in [6.07, 6.45) is -4.28. The third kappa shape index (κ3) is 8.54. The number of benzene rings is 2. The topological polar surface area (TPSA) is 64.7 Å². The number of carbonyl (C=O) groups is 2. The van der Waals surface area contributed by atoms with Crippen molar-refractivity contribution < 1.29 is 31.5 Å². The highest BCUT2D eigenvalue weighted by Gasteiger charge is 2.33. The Balaban J connectivity index is 1.81. The smallest absolute Gasteiger partial charge is 0.367 e. The maximum absolute atomic E-state index is 14.8. The zero-order chi connectivity index (χ0) is 29.6. The second kappa shape index (κ2) is 13.6. The van der Waals surface area contributed by atoms with E-state index in [1.165, 1.54) is 6.07 Å². The molecule has 220 valence electrons. The van der Waals surface area contributed by atoms with Gasteiger partial charge in [0.25, 0.3) is 5.91 Å². The Labute approximate surface area is 235 Å². The van der Waals surface area contributed by atoms with Gasteiger partial charge < -0.3 is 15.5 Å². The van der Waals surface area contributed by atoms with Crippen molar-refractivity contribution in [3.63, 3.8) is 0 Å². The Morgan fingerprint density at radius 1 is 1.10 bits per heavy atom. The van der Waals surface area contributed by atoms with Gasteiger partial charge in [0, 0.05) is 55.8 Å². The van der Waals surface area contributed by atoms with Crippen LogP contribution in [0.5, 0.6) is 0 Å². The van der Waals surface area contributed by atoms with Crippen LogP contribution in [-0.2, 0) is 11.3 Å². The summed E-state index contributed by atoms with van der Waals surface area (Å²) in [4.78, 5) is 28.3. The van der Waals surface area contributed by atoms with E-state index >= 15 is 0 Å². The van der Waals surface area contributed by atoms with Gasteiger partial charge in [-0.2, -0.15) is 13.2 Å². The molecular weight excluding hydrogens is 555 g/mol. The van der Waals surface area contributed by atoms with E-state index in [-0.39, 0.29) is 42.9 Å². The first-order chi connectivity index (χ1) is 18.8. The highest BCUT2D eigenvalue weighted by atomic mass is 35.5. The number of nitrogens with zero attached hydrogens (tertiary/aromatic N) is 2. The predicted octanol–water partition coefficient (Wildman–Crippen LogP) is 6.39. The van der Waals surface area contributed by atoms with E-state index < -0.39 is 35.7 Å². The molecule has 1 aliphatic rings. The van der Waals surface area contributed by atoms with Crippen LogP contribution in [0.25, 0.3) is 0 Å². The van der Waals surface area contributed by atoms with Crippen LogP contribution in [0.2, 0.25) is 5.02 Å². The lowest BCUT2D eigenvalue weighted by Crippen LogP contribution is -2.54. The molecule has 0 aliphatic carbocycles. The van der Waals surface area contributed by atoms with Crippen LogP contribution in [0.1, 0.15) is 56.0 Å². The molecule has 3 rings (SSSR count). The highest BCUT2D eigenvalue weighted by molar-refractivity contribution is 6.31. The second-order valence-corrected chi connectivity index (χ2v) is 10.7. The van der Waals surface area contributed by atoms with Crippen molar-refractivity contribution in [2.75, 3.05) is 36.4 Å². The lowest BCUT2D eigenvalue weighted by Gasteiger charge is -2.43. The van der Waals surface area contributed by atoms with Gasteiger partial charge in [-0.25, -0.2) is 8.78 Å². The molecule has 40 heavy (non-hydrogen) atoms. The average Bonchev–Trinajstić information content (AvgIpc) is 2.88. The van der Waals surface area contributed by atoms with Crippen molar-refractivity contribution in [3.8, 4) is 0 Å². The Morgan fingerprint density at radius 2 is 1.82 bits per heavy atom. The van der Waals surface area contributed by atoms with E-state index in [4.69, 9.17) is 11.6 Å². The summed E-state index contributed by atoms with van der Waals surface area (Å²) in [5.74, 6) is -3.54. The number of alkyl halides is 3. The molecule has 0 aromatic heterocycles. The van der Waals surface area contributed by atoms with E-state index in [1.54, 1.807) is 25.1 Å². The number of piperazine rings is 1. The summed E-state index contributed by atoms with van der Waals surface area (Å²) >= 11 is 6.25. The fourth-order valence-corrected chi connectivity index (χ4v) is 4.89. The van der Waals surface area contributed by atoms with E-state index in [1.807, 2.05) is 23.6 Å². The predicted molar refractivity (Wildman–Crippen MR) is 146 cm³/mol. The van der Waals surface area contributed by atoms with E-state index in [2.05, 4.69) is 10.6 Å².